The molecule has 3 N–H and O–H groups in total. The van der Waals surface area contributed by atoms with Gasteiger partial charge in [0, 0.05) is 32.1 Å². The Hall–Kier alpha value is -1.85. The number of hydrogen-bond acceptors (Lipinski definition) is 5. The van der Waals surface area contributed by atoms with Crippen LogP contribution in [-0.4, -0.2) is 36.0 Å². The van der Waals surface area contributed by atoms with Crippen LogP contribution in [0, 0.1) is 5.41 Å². The normalized spacial score (nSPS) is 25.8. The molecule has 2 aliphatic rings. The fourth-order valence-corrected chi connectivity index (χ4v) is 2.80. The van der Waals surface area contributed by atoms with Crippen molar-refractivity contribution < 1.29 is 4.79 Å². The molecule has 1 aliphatic carbocycles. The predicted octanol–water partition coefficient (Wildman–Crippen LogP) is 0.899. The van der Waals surface area contributed by atoms with E-state index in [2.05, 4.69) is 20.2 Å². The molecule has 1 aromatic heterocycles. The first-order valence-electron chi connectivity index (χ1n) is 7.13. The largest absolute Gasteiger partial charge is 0.384 e. The summed E-state index contributed by atoms with van der Waals surface area (Å²) in [6, 6.07) is 1.81. The van der Waals surface area contributed by atoms with Gasteiger partial charge in [0.15, 0.2) is 0 Å². The van der Waals surface area contributed by atoms with Gasteiger partial charge in [-0.05, 0) is 26.2 Å². The van der Waals surface area contributed by atoms with E-state index in [9.17, 15) is 4.79 Å². The quantitative estimate of drug-likeness (QED) is 0.856. The van der Waals surface area contributed by atoms with Crippen molar-refractivity contribution in [2.75, 3.05) is 30.8 Å². The van der Waals surface area contributed by atoms with Gasteiger partial charge < -0.3 is 16.0 Å². The second-order valence-corrected chi connectivity index (χ2v) is 6.09. The first kappa shape index (κ1) is 13.1. The van der Waals surface area contributed by atoms with Crippen LogP contribution in [0.5, 0.6) is 0 Å². The van der Waals surface area contributed by atoms with Gasteiger partial charge in [0.1, 0.15) is 17.5 Å². The number of anilines is 2. The second kappa shape index (κ2) is 4.61. The van der Waals surface area contributed by atoms with E-state index in [1.165, 1.54) is 0 Å². The Bertz CT molecular complexity index is 542. The van der Waals surface area contributed by atoms with Gasteiger partial charge in [-0.25, -0.2) is 9.97 Å². The van der Waals surface area contributed by atoms with Crippen molar-refractivity contribution >= 4 is 17.5 Å². The van der Waals surface area contributed by atoms with E-state index < -0.39 is 0 Å². The van der Waals surface area contributed by atoms with Gasteiger partial charge in [-0.15, -0.1) is 0 Å². The van der Waals surface area contributed by atoms with Gasteiger partial charge in [0.25, 0.3) is 0 Å². The molecule has 6 nitrogen and oxygen atoms in total. The molecular weight excluding hydrogens is 254 g/mol. The predicted molar refractivity (Wildman–Crippen MR) is 77.4 cm³/mol. The molecule has 1 saturated heterocycles. The number of rotatable bonds is 3. The van der Waals surface area contributed by atoms with E-state index in [1.54, 1.807) is 7.05 Å². The average molecular weight is 275 g/mol. The zero-order valence-electron chi connectivity index (χ0n) is 12.0. The fraction of sp³-hybridized carbons (Fsp3) is 0.643. The third-order valence-electron chi connectivity index (χ3n) is 4.26. The number of hydrogen-bond donors (Lipinski definition) is 2. The summed E-state index contributed by atoms with van der Waals surface area (Å²) >= 11 is 0. The molecule has 20 heavy (non-hydrogen) atoms. The molecule has 0 bridgehead atoms. The van der Waals surface area contributed by atoms with Gasteiger partial charge in [-0.3, -0.25) is 4.79 Å². The molecule has 0 spiro atoms. The average Bonchev–Trinajstić information content (AvgIpc) is 3.20. The van der Waals surface area contributed by atoms with Crippen molar-refractivity contribution in [1.82, 2.24) is 15.3 Å². The van der Waals surface area contributed by atoms with Crippen LogP contribution in [0.1, 0.15) is 37.9 Å². The number of nitrogens with one attached hydrogen (secondary N) is 1. The van der Waals surface area contributed by atoms with Crippen molar-refractivity contribution in [1.29, 1.82) is 0 Å². The molecule has 2 fully saturated rings. The highest BCUT2D eigenvalue weighted by atomic mass is 16.2. The third-order valence-corrected chi connectivity index (χ3v) is 4.26. The summed E-state index contributed by atoms with van der Waals surface area (Å²) in [5.74, 6) is 2.79. The molecule has 1 amide bonds. The van der Waals surface area contributed by atoms with Crippen LogP contribution in [0.2, 0.25) is 0 Å². The molecule has 3 rings (SSSR count). The van der Waals surface area contributed by atoms with Gasteiger partial charge in [0.2, 0.25) is 5.91 Å². The number of nitrogens with two attached hydrogens (primary N) is 1. The van der Waals surface area contributed by atoms with Crippen LogP contribution in [0.25, 0.3) is 0 Å². The smallest absolute Gasteiger partial charge is 0.227 e. The van der Waals surface area contributed by atoms with Crippen molar-refractivity contribution in [2.45, 2.75) is 32.1 Å². The lowest BCUT2D eigenvalue weighted by Crippen LogP contribution is -2.39. The SMILES string of the molecule is CNC(=O)C1(C)CCN(c2cc(N)nc(C3CC3)n2)C1. The van der Waals surface area contributed by atoms with Crippen LogP contribution in [0.4, 0.5) is 11.6 Å². The van der Waals surface area contributed by atoms with Gasteiger partial charge >= 0.3 is 0 Å². The second-order valence-electron chi connectivity index (χ2n) is 6.09. The van der Waals surface area contributed by atoms with Crippen LogP contribution in [-0.2, 0) is 4.79 Å². The molecule has 1 atom stereocenters. The van der Waals surface area contributed by atoms with Crippen LogP contribution in [0.15, 0.2) is 6.07 Å². The van der Waals surface area contributed by atoms with Gasteiger partial charge in [-0.2, -0.15) is 0 Å². The van der Waals surface area contributed by atoms with E-state index in [1.807, 2.05) is 13.0 Å². The Morgan fingerprint density at radius 1 is 1.50 bits per heavy atom. The Morgan fingerprint density at radius 2 is 2.25 bits per heavy atom. The van der Waals surface area contributed by atoms with Crippen molar-refractivity contribution in [3.05, 3.63) is 11.9 Å². The van der Waals surface area contributed by atoms with Crippen LogP contribution in [0.3, 0.4) is 0 Å². The number of nitrogens with zero attached hydrogens (tertiary/aromatic N) is 3. The van der Waals surface area contributed by atoms with Gasteiger partial charge in [0.05, 0.1) is 5.41 Å². The Morgan fingerprint density at radius 3 is 2.90 bits per heavy atom. The van der Waals surface area contributed by atoms with E-state index in [0.717, 1.165) is 37.4 Å². The summed E-state index contributed by atoms with van der Waals surface area (Å²) in [7, 11) is 1.68. The molecule has 1 saturated carbocycles. The minimum absolute atomic E-state index is 0.0874. The highest BCUT2D eigenvalue weighted by Gasteiger charge is 2.40. The van der Waals surface area contributed by atoms with Crippen molar-refractivity contribution in [3.63, 3.8) is 0 Å². The third kappa shape index (κ3) is 2.30. The molecule has 1 aromatic rings. The molecular formula is C14H21N5O. The Balaban J connectivity index is 1.82. The Labute approximate surface area is 118 Å². The number of nitrogen functional groups attached to an aromatic ring is 1. The van der Waals surface area contributed by atoms with E-state index in [-0.39, 0.29) is 11.3 Å². The minimum atomic E-state index is -0.353. The number of amides is 1. The molecule has 108 valence electrons. The summed E-state index contributed by atoms with van der Waals surface area (Å²) in [4.78, 5) is 23.1. The van der Waals surface area contributed by atoms with E-state index >= 15 is 0 Å². The minimum Gasteiger partial charge on any atom is -0.384 e. The lowest BCUT2D eigenvalue weighted by molar-refractivity contribution is -0.128. The maximum Gasteiger partial charge on any atom is 0.227 e. The zero-order chi connectivity index (χ0) is 14.3. The molecule has 0 radical (unpaired) electrons. The summed E-state index contributed by atoms with van der Waals surface area (Å²) in [6.45, 7) is 3.50. The van der Waals surface area contributed by atoms with Gasteiger partial charge in [-0.1, -0.05) is 0 Å². The van der Waals surface area contributed by atoms with E-state index in [4.69, 9.17) is 5.73 Å². The summed E-state index contributed by atoms with van der Waals surface area (Å²) < 4.78 is 0. The lowest BCUT2D eigenvalue weighted by atomic mass is 9.89. The molecule has 1 aliphatic heterocycles. The zero-order valence-corrected chi connectivity index (χ0v) is 12.0. The van der Waals surface area contributed by atoms with Crippen LogP contribution >= 0.6 is 0 Å². The van der Waals surface area contributed by atoms with Crippen molar-refractivity contribution in [2.24, 2.45) is 5.41 Å². The molecule has 0 aromatic carbocycles. The van der Waals surface area contributed by atoms with E-state index in [0.29, 0.717) is 18.3 Å². The molecule has 6 heteroatoms. The van der Waals surface area contributed by atoms with Crippen LogP contribution < -0.4 is 16.0 Å². The maximum absolute atomic E-state index is 12.0. The maximum atomic E-state index is 12.0. The highest BCUT2D eigenvalue weighted by molar-refractivity contribution is 5.83. The molecule has 2 heterocycles. The summed E-state index contributed by atoms with van der Waals surface area (Å²) in [5.41, 5.74) is 5.54. The monoisotopic (exact) mass is 275 g/mol. The standard InChI is InChI=1S/C14H21N5O/c1-14(13(20)16-2)5-6-19(8-14)11-7-10(15)17-12(18-11)9-3-4-9/h7,9H,3-6,8H2,1-2H3,(H,16,20)(H2,15,17,18). The first-order valence-corrected chi connectivity index (χ1v) is 7.13. The Kier molecular flexibility index (Phi) is 3.03. The number of carbonyl (C=O) groups is 1. The summed E-state index contributed by atoms with van der Waals surface area (Å²) in [5, 5.41) is 2.75. The fourth-order valence-electron chi connectivity index (χ4n) is 2.80. The molecule has 1 unspecified atom stereocenters. The highest BCUT2D eigenvalue weighted by Crippen LogP contribution is 2.40. The van der Waals surface area contributed by atoms with Crippen molar-refractivity contribution in [3.8, 4) is 0 Å². The lowest BCUT2D eigenvalue weighted by Gasteiger charge is -2.23. The first-order chi connectivity index (χ1) is 9.51. The summed E-state index contributed by atoms with van der Waals surface area (Å²) in [6.07, 6.45) is 3.13. The number of aromatic nitrogens is 2. The topological polar surface area (TPSA) is 84.1 Å². The number of carbonyl (C=O) groups excluding carboxylic acids is 1.